The van der Waals surface area contributed by atoms with E-state index in [-0.39, 0.29) is 10.8 Å². The van der Waals surface area contributed by atoms with Gasteiger partial charge in [-0.05, 0) is 125 Å². The van der Waals surface area contributed by atoms with Crippen LogP contribution >= 0.6 is 56.9 Å². The zero-order valence-corrected chi connectivity index (χ0v) is 32.6. The molecular weight excluding hydrogens is 782 g/mol. The summed E-state index contributed by atoms with van der Waals surface area (Å²) in [5, 5.41) is 0. The van der Waals surface area contributed by atoms with Crippen LogP contribution in [0.15, 0.2) is 83.6 Å². The Balaban J connectivity index is 1.44. The molecule has 0 radical (unpaired) electrons. The highest BCUT2D eigenvalue weighted by Gasteiger charge is 2.44. The summed E-state index contributed by atoms with van der Waals surface area (Å²) in [5.74, 6) is 2.13. The van der Waals surface area contributed by atoms with E-state index in [2.05, 4.69) is 163 Å². The number of halogens is 2. The van der Waals surface area contributed by atoms with E-state index in [0.717, 1.165) is 24.6 Å². The van der Waals surface area contributed by atoms with E-state index < -0.39 is 0 Å². The number of unbranched alkanes of at least 4 members (excludes halogenated alkanes) is 4. The summed E-state index contributed by atoms with van der Waals surface area (Å²) in [6.07, 6.45) is 19.6. The molecule has 0 N–H and O–H groups in total. The highest BCUT2D eigenvalue weighted by Crippen LogP contribution is 2.48. The van der Waals surface area contributed by atoms with Crippen molar-refractivity contribution in [1.82, 2.24) is 0 Å². The zero-order valence-electron chi connectivity index (χ0n) is 27.5. The Morgan fingerprint density at radius 2 is 1.52 bits per heavy atom. The first-order valence-electron chi connectivity index (χ1n) is 16.5. The number of rotatable bonds is 11. The first-order valence-corrected chi connectivity index (χ1v) is 19.8. The van der Waals surface area contributed by atoms with Gasteiger partial charge in [-0.25, -0.2) is 0 Å². The van der Waals surface area contributed by atoms with E-state index in [1.54, 1.807) is 0 Å². The molecule has 0 amide bonds. The summed E-state index contributed by atoms with van der Waals surface area (Å²) in [6.45, 7) is 16.4. The molecule has 5 heteroatoms. The minimum Gasteiger partial charge on any atom is -0.344 e. The monoisotopic (exact) mass is 831 g/mol. The Labute approximate surface area is 298 Å². The molecule has 0 fully saturated rings. The van der Waals surface area contributed by atoms with E-state index >= 15 is 0 Å². The summed E-state index contributed by atoms with van der Waals surface area (Å²) in [6, 6.07) is 14.0. The number of benzene rings is 2. The van der Waals surface area contributed by atoms with Gasteiger partial charge >= 0.3 is 0 Å². The van der Waals surface area contributed by atoms with Gasteiger partial charge in [-0.15, -0.1) is 0 Å². The van der Waals surface area contributed by atoms with Crippen LogP contribution < -0.4 is 4.90 Å². The van der Waals surface area contributed by atoms with Crippen LogP contribution in [-0.4, -0.2) is 34.9 Å². The minimum absolute atomic E-state index is 0.00714. The van der Waals surface area contributed by atoms with Crippen molar-refractivity contribution in [2.45, 2.75) is 90.9 Å². The molecule has 0 saturated heterocycles. The zero-order chi connectivity index (χ0) is 31.5. The molecule has 44 heavy (non-hydrogen) atoms. The fourth-order valence-corrected chi connectivity index (χ4v) is 8.90. The minimum atomic E-state index is -0.00714. The Hall–Kier alpha value is -1.32. The molecule has 2 aromatic rings. The second-order valence-electron chi connectivity index (χ2n) is 13.5. The van der Waals surface area contributed by atoms with Gasteiger partial charge in [0.1, 0.15) is 6.54 Å². The summed E-state index contributed by atoms with van der Waals surface area (Å²) >= 11 is 6.95. The summed E-state index contributed by atoms with van der Waals surface area (Å²) < 4.78 is 5.23. The van der Waals surface area contributed by atoms with Crippen LogP contribution in [0.5, 0.6) is 0 Å². The third-order valence-electron chi connectivity index (χ3n) is 9.50. The van der Waals surface area contributed by atoms with Gasteiger partial charge in [0.2, 0.25) is 5.69 Å². The van der Waals surface area contributed by atoms with Crippen molar-refractivity contribution in [3.63, 3.8) is 0 Å². The standard InChI is InChI=1S/C39H49I2N2S/c1-7-9-11-21-42-34-17-15-30(40)24-32(34)38(3,4)36(42)19-13-28-23-29(27-44-26-28)14-20-37-39(5,6)33-25-31(41)16-18-35(33)43(37)22-12-10-8-2/h13-20,23-25H,7-12,21-22,26-27H2,1-6H3/q+1. The molecule has 5 rings (SSSR count). The lowest BCUT2D eigenvalue weighted by Crippen LogP contribution is -2.28. The van der Waals surface area contributed by atoms with Gasteiger partial charge in [-0.3, -0.25) is 0 Å². The second kappa shape index (κ2) is 14.6. The first kappa shape index (κ1) is 34.0. The van der Waals surface area contributed by atoms with Crippen LogP contribution in [0.2, 0.25) is 0 Å². The Kier molecular flexibility index (Phi) is 11.3. The summed E-state index contributed by atoms with van der Waals surface area (Å²) in [5.41, 5.74) is 11.4. The predicted octanol–water partition coefficient (Wildman–Crippen LogP) is 11.5. The molecule has 3 aliphatic heterocycles. The Morgan fingerprint density at radius 3 is 2.27 bits per heavy atom. The maximum atomic E-state index is 2.60. The van der Waals surface area contributed by atoms with Gasteiger partial charge in [0.05, 0.1) is 5.41 Å². The molecule has 0 aliphatic carbocycles. The number of fused-ring (bicyclic) bond motifs is 2. The van der Waals surface area contributed by atoms with Gasteiger partial charge in [-0.2, -0.15) is 16.3 Å². The molecule has 3 heterocycles. The topological polar surface area (TPSA) is 6.25 Å². The largest absolute Gasteiger partial charge is 0.344 e. The maximum absolute atomic E-state index is 2.60. The molecule has 2 aromatic carbocycles. The van der Waals surface area contributed by atoms with Crippen molar-refractivity contribution in [2.75, 3.05) is 29.5 Å². The van der Waals surface area contributed by atoms with Crippen LogP contribution in [0.3, 0.4) is 0 Å². The molecule has 3 aliphatic rings. The quantitative estimate of drug-likeness (QED) is 0.126. The van der Waals surface area contributed by atoms with E-state index in [1.165, 1.54) is 90.7 Å². The second-order valence-corrected chi connectivity index (χ2v) is 17.0. The Bertz CT molecular complexity index is 1540. The van der Waals surface area contributed by atoms with E-state index in [4.69, 9.17) is 0 Å². The molecule has 2 nitrogen and oxygen atoms in total. The number of hydrogen-bond acceptors (Lipinski definition) is 2. The van der Waals surface area contributed by atoms with Gasteiger partial charge in [0.25, 0.3) is 0 Å². The number of allylic oxidation sites excluding steroid dienone is 6. The molecular formula is C39H49I2N2S+. The third kappa shape index (κ3) is 7.15. The fourth-order valence-electron chi connectivity index (χ4n) is 6.99. The lowest BCUT2D eigenvalue weighted by molar-refractivity contribution is -0.438. The van der Waals surface area contributed by atoms with Gasteiger partial charge in [0.15, 0.2) is 5.71 Å². The van der Waals surface area contributed by atoms with Crippen LogP contribution in [-0.2, 0) is 10.8 Å². The van der Waals surface area contributed by atoms with Crippen molar-refractivity contribution in [3.05, 3.63) is 102 Å². The molecule has 0 spiro atoms. The summed E-state index contributed by atoms with van der Waals surface area (Å²) in [7, 11) is 0. The fraction of sp³-hybridized carbons (Fsp3) is 0.462. The lowest BCUT2D eigenvalue weighted by Gasteiger charge is -2.27. The average molecular weight is 832 g/mol. The van der Waals surface area contributed by atoms with Crippen LogP contribution in [0.25, 0.3) is 0 Å². The lowest BCUT2D eigenvalue weighted by atomic mass is 9.81. The van der Waals surface area contributed by atoms with Gasteiger partial charge in [0, 0.05) is 66.1 Å². The molecule has 0 atom stereocenters. The van der Waals surface area contributed by atoms with Crippen molar-refractivity contribution in [2.24, 2.45) is 0 Å². The van der Waals surface area contributed by atoms with E-state index in [0.29, 0.717) is 0 Å². The average Bonchev–Trinajstić information content (AvgIpc) is 3.33. The maximum Gasteiger partial charge on any atom is 0.209 e. The van der Waals surface area contributed by atoms with Crippen molar-refractivity contribution in [1.29, 1.82) is 0 Å². The Morgan fingerprint density at radius 1 is 0.818 bits per heavy atom. The third-order valence-corrected chi connectivity index (χ3v) is 11.9. The van der Waals surface area contributed by atoms with Crippen LogP contribution in [0, 0.1) is 7.14 Å². The number of nitrogens with zero attached hydrogens (tertiary/aromatic N) is 2. The highest BCUT2D eigenvalue weighted by molar-refractivity contribution is 14.1. The molecule has 234 valence electrons. The van der Waals surface area contributed by atoms with Crippen molar-refractivity contribution >= 4 is 74.0 Å². The van der Waals surface area contributed by atoms with Crippen LogP contribution in [0.1, 0.15) is 91.2 Å². The molecule has 0 unspecified atom stereocenters. The number of anilines is 1. The molecule has 0 aromatic heterocycles. The van der Waals surface area contributed by atoms with Gasteiger partial charge in [-0.1, -0.05) is 65.2 Å². The normalized spacial score (nSPS) is 20.6. The molecule has 0 saturated carbocycles. The predicted molar refractivity (Wildman–Crippen MR) is 211 cm³/mol. The van der Waals surface area contributed by atoms with Crippen LogP contribution in [0.4, 0.5) is 11.4 Å². The SMILES string of the molecule is CCCCCN1/C(=C/C=C2C=C(/C=C/C3=[N+](CCCCC)c4ccc(I)cc4C3(C)C)CSC/2)C(C)(C)c2cc(I)ccc21. The smallest absolute Gasteiger partial charge is 0.209 e. The number of hydrogen-bond donors (Lipinski definition) is 0. The summed E-state index contributed by atoms with van der Waals surface area (Å²) in [4.78, 5) is 2.60. The van der Waals surface area contributed by atoms with Crippen molar-refractivity contribution in [3.8, 4) is 0 Å². The first-order chi connectivity index (χ1) is 21.1. The number of thioether (sulfide) groups is 1. The van der Waals surface area contributed by atoms with Gasteiger partial charge < -0.3 is 4.90 Å². The highest BCUT2D eigenvalue weighted by atomic mass is 127. The van der Waals surface area contributed by atoms with E-state index in [1.807, 2.05) is 11.8 Å². The van der Waals surface area contributed by atoms with E-state index in [9.17, 15) is 0 Å². The van der Waals surface area contributed by atoms with Crippen molar-refractivity contribution < 1.29 is 4.58 Å². The molecule has 0 bridgehead atoms.